The lowest BCUT2D eigenvalue weighted by molar-refractivity contribution is -0.157. The van der Waals surface area contributed by atoms with Gasteiger partial charge in [-0.3, -0.25) is 9.78 Å². The third-order valence-electron chi connectivity index (χ3n) is 3.78. The molecular weight excluding hydrogens is 238 g/mol. The van der Waals surface area contributed by atoms with Gasteiger partial charge in [0.25, 0.3) is 0 Å². The molecule has 1 aromatic heterocycles. The standard InChI is InChI=1S/C16H23NO2/c1-12(2)16(18)19-15-9-4-3-7-13(15)11-14-8-5-6-10-17-14/h5-6,8,10,12-13,15H,3-4,7,9,11H2,1-2H3/t13-,15+/m0/s1. The number of carbonyl (C=O) groups is 1. The Kier molecular flexibility index (Phi) is 4.94. The summed E-state index contributed by atoms with van der Waals surface area (Å²) >= 11 is 0. The van der Waals surface area contributed by atoms with E-state index in [0.29, 0.717) is 5.92 Å². The van der Waals surface area contributed by atoms with Crippen LogP contribution in [0.2, 0.25) is 0 Å². The van der Waals surface area contributed by atoms with Crippen molar-refractivity contribution < 1.29 is 9.53 Å². The van der Waals surface area contributed by atoms with Gasteiger partial charge in [0.2, 0.25) is 0 Å². The van der Waals surface area contributed by atoms with E-state index in [2.05, 4.69) is 11.1 Å². The molecule has 0 saturated heterocycles. The summed E-state index contributed by atoms with van der Waals surface area (Å²) in [5.74, 6) is 0.307. The van der Waals surface area contributed by atoms with Gasteiger partial charge in [-0.25, -0.2) is 0 Å². The summed E-state index contributed by atoms with van der Waals surface area (Å²) in [5.41, 5.74) is 1.10. The van der Waals surface area contributed by atoms with Gasteiger partial charge >= 0.3 is 5.97 Å². The number of esters is 1. The van der Waals surface area contributed by atoms with Crippen molar-refractivity contribution in [3.63, 3.8) is 0 Å². The molecule has 1 aliphatic rings. The van der Waals surface area contributed by atoms with E-state index in [0.717, 1.165) is 31.4 Å². The predicted octanol–water partition coefficient (Wildman–Crippen LogP) is 3.38. The molecule has 0 unspecified atom stereocenters. The van der Waals surface area contributed by atoms with Gasteiger partial charge in [-0.1, -0.05) is 26.3 Å². The zero-order chi connectivity index (χ0) is 13.7. The van der Waals surface area contributed by atoms with Gasteiger partial charge in [0, 0.05) is 17.8 Å². The molecule has 0 bridgehead atoms. The zero-order valence-electron chi connectivity index (χ0n) is 11.8. The molecular formula is C16H23NO2. The second-order valence-corrected chi connectivity index (χ2v) is 5.70. The Balaban J connectivity index is 1.98. The first kappa shape index (κ1) is 14.0. The first-order chi connectivity index (χ1) is 9.16. The summed E-state index contributed by atoms with van der Waals surface area (Å²) in [6.45, 7) is 3.78. The molecule has 104 valence electrons. The monoisotopic (exact) mass is 261 g/mol. The lowest BCUT2D eigenvalue weighted by Crippen LogP contribution is -2.33. The third-order valence-corrected chi connectivity index (χ3v) is 3.78. The summed E-state index contributed by atoms with van der Waals surface area (Å²) in [6.07, 6.45) is 7.33. The Labute approximate surface area is 115 Å². The summed E-state index contributed by atoms with van der Waals surface area (Å²) in [7, 11) is 0. The Hall–Kier alpha value is -1.38. The number of aromatic nitrogens is 1. The fraction of sp³-hybridized carbons (Fsp3) is 0.625. The number of nitrogens with zero attached hydrogens (tertiary/aromatic N) is 1. The van der Waals surface area contributed by atoms with E-state index in [-0.39, 0.29) is 18.0 Å². The molecule has 19 heavy (non-hydrogen) atoms. The van der Waals surface area contributed by atoms with Gasteiger partial charge in [-0.2, -0.15) is 0 Å². The van der Waals surface area contributed by atoms with Crippen molar-refractivity contribution in [2.24, 2.45) is 11.8 Å². The number of hydrogen-bond acceptors (Lipinski definition) is 3. The van der Waals surface area contributed by atoms with E-state index in [1.54, 1.807) is 0 Å². The molecule has 2 rings (SSSR count). The van der Waals surface area contributed by atoms with Gasteiger partial charge in [0.05, 0.1) is 5.92 Å². The minimum Gasteiger partial charge on any atom is -0.462 e. The molecule has 0 N–H and O–H groups in total. The largest absolute Gasteiger partial charge is 0.462 e. The zero-order valence-corrected chi connectivity index (χ0v) is 11.8. The highest BCUT2D eigenvalue weighted by Crippen LogP contribution is 2.29. The average molecular weight is 261 g/mol. The van der Waals surface area contributed by atoms with Crippen molar-refractivity contribution in [1.82, 2.24) is 4.98 Å². The van der Waals surface area contributed by atoms with Crippen LogP contribution in [0, 0.1) is 11.8 Å². The minimum absolute atomic E-state index is 0.0440. The molecule has 1 heterocycles. The van der Waals surface area contributed by atoms with Crippen LogP contribution in [0.4, 0.5) is 0 Å². The number of hydrogen-bond donors (Lipinski definition) is 0. The second-order valence-electron chi connectivity index (χ2n) is 5.70. The van der Waals surface area contributed by atoms with E-state index in [9.17, 15) is 4.79 Å². The van der Waals surface area contributed by atoms with Crippen LogP contribution in [-0.2, 0) is 16.0 Å². The number of pyridine rings is 1. The topological polar surface area (TPSA) is 39.2 Å². The highest BCUT2D eigenvalue weighted by atomic mass is 16.5. The third kappa shape index (κ3) is 4.05. The van der Waals surface area contributed by atoms with Crippen LogP contribution in [0.5, 0.6) is 0 Å². The van der Waals surface area contributed by atoms with Crippen molar-refractivity contribution >= 4 is 5.97 Å². The first-order valence-electron chi connectivity index (χ1n) is 7.27. The van der Waals surface area contributed by atoms with Crippen LogP contribution < -0.4 is 0 Å². The Morgan fingerprint density at radius 2 is 2.16 bits per heavy atom. The summed E-state index contributed by atoms with van der Waals surface area (Å²) < 4.78 is 5.67. The maximum Gasteiger partial charge on any atom is 0.308 e. The maximum atomic E-state index is 11.8. The maximum absolute atomic E-state index is 11.8. The Morgan fingerprint density at radius 1 is 1.37 bits per heavy atom. The van der Waals surface area contributed by atoms with Crippen LogP contribution in [0.15, 0.2) is 24.4 Å². The molecule has 1 aromatic rings. The number of rotatable bonds is 4. The van der Waals surface area contributed by atoms with Gasteiger partial charge in [-0.05, 0) is 37.8 Å². The molecule has 1 fully saturated rings. The van der Waals surface area contributed by atoms with Gasteiger partial charge in [0.15, 0.2) is 0 Å². The van der Waals surface area contributed by atoms with Crippen LogP contribution in [0.1, 0.15) is 45.2 Å². The summed E-state index contributed by atoms with van der Waals surface area (Å²) in [6, 6.07) is 6.00. The van der Waals surface area contributed by atoms with Gasteiger partial charge < -0.3 is 4.74 Å². The van der Waals surface area contributed by atoms with Gasteiger partial charge in [0.1, 0.15) is 6.10 Å². The number of carbonyl (C=O) groups excluding carboxylic acids is 1. The molecule has 2 atom stereocenters. The molecule has 0 radical (unpaired) electrons. The average Bonchev–Trinajstić information content (AvgIpc) is 2.42. The van der Waals surface area contributed by atoms with E-state index in [1.807, 2.05) is 32.2 Å². The summed E-state index contributed by atoms with van der Waals surface area (Å²) in [4.78, 5) is 16.2. The van der Waals surface area contributed by atoms with E-state index >= 15 is 0 Å². The molecule has 1 saturated carbocycles. The highest BCUT2D eigenvalue weighted by Gasteiger charge is 2.29. The first-order valence-corrected chi connectivity index (χ1v) is 7.27. The van der Waals surface area contributed by atoms with Crippen LogP contribution in [0.3, 0.4) is 0 Å². The molecule has 1 aliphatic carbocycles. The Bertz CT molecular complexity index is 402. The quantitative estimate of drug-likeness (QED) is 0.780. The van der Waals surface area contributed by atoms with Crippen molar-refractivity contribution in [2.75, 3.05) is 0 Å². The molecule has 0 aromatic carbocycles. The molecule has 0 spiro atoms. The molecule has 0 amide bonds. The lowest BCUT2D eigenvalue weighted by Gasteiger charge is -2.31. The van der Waals surface area contributed by atoms with E-state index < -0.39 is 0 Å². The van der Waals surface area contributed by atoms with Crippen LogP contribution >= 0.6 is 0 Å². The van der Waals surface area contributed by atoms with Gasteiger partial charge in [-0.15, -0.1) is 0 Å². The van der Waals surface area contributed by atoms with Crippen molar-refractivity contribution in [3.05, 3.63) is 30.1 Å². The Morgan fingerprint density at radius 3 is 2.84 bits per heavy atom. The molecule has 3 nitrogen and oxygen atoms in total. The van der Waals surface area contributed by atoms with Crippen molar-refractivity contribution in [2.45, 2.75) is 52.1 Å². The SMILES string of the molecule is CC(C)C(=O)O[C@@H]1CCCC[C@H]1Cc1ccccn1. The normalized spacial score (nSPS) is 23.3. The number of ether oxygens (including phenoxy) is 1. The van der Waals surface area contributed by atoms with Crippen molar-refractivity contribution in [1.29, 1.82) is 0 Å². The van der Waals surface area contributed by atoms with Crippen LogP contribution in [-0.4, -0.2) is 17.1 Å². The minimum atomic E-state index is -0.0714. The smallest absolute Gasteiger partial charge is 0.308 e. The predicted molar refractivity (Wildman–Crippen MR) is 74.6 cm³/mol. The van der Waals surface area contributed by atoms with Crippen LogP contribution in [0.25, 0.3) is 0 Å². The fourth-order valence-electron chi connectivity index (χ4n) is 2.64. The van der Waals surface area contributed by atoms with E-state index in [4.69, 9.17) is 4.74 Å². The van der Waals surface area contributed by atoms with E-state index in [1.165, 1.54) is 6.42 Å². The highest BCUT2D eigenvalue weighted by molar-refractivity contribution is 5.71. The van der Waals surface area contributed by atoms with Crippen molar-refractivity contribution in [3.8, 4) is 0 Å². The lowest BCUT2D eigenvalue weighted by atomic mass is 9.83. The molecule has 3 heteroatoms. The second kappa shape index (κ2) is 6.69. The molecule has 0 aliphatic heterocycles. The fourth-order valence-corrected chi connectivity index (χ4v) is 2.64. The summed E-state index contributed by atoms with van der Waals surface area (Å²) in [5, 5.41) is 0.